The second-order valence-corrected chi connectivity index (χ2v) is 5.48. The molecule has 8 heteroatoms. The van der Waals surface area contributed by atoms with E-state index in [9.17, 15) is 4.79 Å². The smallest absolute Gasteiger partial charge is 0.246 e. The standard InChI is InChI=1S/C13H13N5O2S/c1-18-8-9(6-15-18)13-16-12(20-17-13)7-14-11(19)5-10-3-2-4-21-10/h2-4,6,8H,5,7H2,1H3,(H,14,19). The Bertz CT molecular complexity index is 731. The van der Waals surface area contributed by atoms with Crippen LogP contribution >= 0.6 is 11.3 Å². The Balaban J connectivity index is 1.56. The maximum Gasteiger partial charge on any atom is 0.246 e. The minimum absolute atomic E-state index is 0.0708. The zero-order valence-electron chi connectivity index (χ0n) is 11.3. The number of aromatic nitrogens is 4. The molecule has 0 unspecified atom stereocenters. The van der Waals surface area contributed by atoms with Crippen molar-refractivity contribution in [2.45, 2.75) is 13.0 Å². The third kappa shape index (κ3) is 3.34. The molecule has 3 aromatic rings. The van der Waals surface area contributed by atoms with E-state index in [1.807, 2.05) is 24.6 Å². The number of hydrogen-bond donors (Lipinski definition) is 1. The number of rotatable bonds is 5. The fraction of sp³-hybridized carbons (Fsp3) is 0.231. The number of hydrogen-bond acceptors (Lipinski definition) is 6. The van der Waals surface area contributed by atoms with Gasteiger partial charge in [0.25, 0.3) is 0 Å². The predicted octanol–water partition coefficient (Wildman–Crippen LogP) is 1.39. The summed E-state index contributed by atoms with van der Waals surface area (Å²) in [7, 11) is 1.81. The number of carbonyl (C=O) groups is 1. The minimum atomic E-state index is -0.0708. The van der Waals surface area contributed by atoms with Crippen LogP contribution in [0.5, 0.6) is 0 Å². The molecule has 3 heterocycles. The zero-order chi connectivity index (χ0) is 14.7. The van der Waals surface area contributed by atoms with Gasteiger partial charge in [-0.05, 0) is 11.4 Å². The maximum absolute atomic E-state index is 11.8. The molecular weight excluding hydrogens is 290 g/mol. The Morgan fingerprint density at radius 2 is 2.43 bits per heavy atom. The van der Waals surface area contributed by atoms with Gasteiger partial charge in [0, 0.05) is 18.1 Å². The van der Waals surface area contributed by atoms with Crippen molar-refractivity contribution in [2.24, 2.45) is 7.05 Å². The van der Waals surface area contributed by atoms with E-state index in [-0.39, 0.29) is 12.5 Å². The molecule has 21 heavy (non-hydrogen) atoms. The molecular formula is C13H13N5O2S. The number of amides is 1. The summed E-state index contributed by atoms with van der Waals surface area (Å²) >= 11 is 1.56. The molecule has 0 aliphatic rings. The summed E-state index contributed by atoms with van der Waals surface area (Å²) in [6.07, 6.45) is 3.81. The van der Waals surface area contributed by atoms with Crippen LogP contribution in [0.15, 0.2) is 34.4 Å². The molecule has 3 aromatic heterocycles. The van der Waals surface area contributed by atoms with Crippen molar-refractivity contribution < 1.29 is 9.32 Å². The highest BCUT2D eigenvalue weighted by atomic mass is 32.1. The van der Waals surface area contributed by atoms with Crippen LogP contribution in [-0.4, -0.2) is 25.8 Å². The van der Waals surface area contributed by atoms with E-state index < -0.39 is 0 Å². The molecule has 0 aliphatic carbocycles. The van der Waals surface area contributed by atoms with Gasteiger partial charge in [0.15, 0.2) is 0 Å². The SMILES string of the molecule is Cn1cc(-c2noc(CNC(=O)Cc3cccs3)n2)cn1. The fourth-order valence-electron chi connectivity index (χ4n) is 1.79. The summed E-state index contributed by atoms with van der Waals surface area (Å²) < 4.78 is 6.76. The number of nitrogens with one attached hydrogen (secondary N) is 1. The van der Waals surface area contributed by atoms with Crippen LogP contribution in [0, 0.1) is 0 Å². The lowest BCUT2D eigenvalue weighted by Gasteiger charge is -1.99. The van der Waals surface area contributed by atoms with Gasteiger partial charge in [-0.3, -0.25) is 9.48 Å². The van der Waals surface area contributed by atoms with Gasteiger partial charge in [-0.1, -0.05) is 11.2 Å². The van der Waals surface area contributed by atoms with E-state index in [2.05, 4.69) is 20.6 Å². The summed E-state index contributed by atoms with van der Waals surface area (Å²) in [6, 6.07) is 3.85. The van der Waals surface area contributed by atoms with Gasteiger partial charge in [0.1, 0.15) is 0 Å². The van der Waals surface area contributed by atoms with Gasteiger partial charge in [-0.15, -0.1) is 11.3 Å². The highest BCUT2D eigenvalue weighted by Gasteiger charge is 2.11. The van der Waals surface area contributed by atoms with E-state index in [0.29, 0.717) is 18.1 Å². The van der Waals surface area contributed by atoms with E-state index in [4.69, 9.17) is 4.52 Å². The highest BCUT2D eigenvalue weighted by Crippen LogP contribution is 2.14. The quantitative estimate of drug-likeness (QED) is 0.770. The summed E-state index contributed by atoms with van der Waals surface area (Å²) in [6.45, 7) is 0.220. The first-order valence-corrected chi connectivity index (χ1v) is 7.19. The van der Waals surface area contributed by atoms with Crippen molar-refractivity contribution in [3.05, 3.63) is 40.7 Å². The van der Waals surface area contributed by atoms with Crippen LogP contribution < -0.4 is 5.32 Å². The van der Waals surface area contributed by atoms with Gasteiger partial charge in [0.05, 0.1) is 24.7 Å². The third-order valence-corrected chi connectivity index (χ3v) is 3.66. The Morgan fingerprint density at radius 1 is 1.52 bits per heavy atom. The van der Waals surface area contributed by atoms with Gasteiger partial charge in [-0.2, -0.15) is 10.1 Å². The molecule has 0 bridgehead atoms. The Kier molecular flexibility index (Phi) is 3.78. The Hall–Kier alpha value is -2.48. The summed E-state index contributed by atoms with van der Waals surface area (Å²) in [5.41, 5.74) is 0.775. The van der Waals surface area contributed by atoms with E-state index in [1.54, 1.807) is 28.4 Å². The van der Waals surface area contributed by atoms with Gasteiger partial charge in [-0.25, -0.2) is 0 Å². The second-order valence-electron chi connectivity index (χ2n) is 4.45. The van der Waals surface area contributed by atoms with Gasteiger partial charge in [0.2, 0.25) is 17.6 Å². The molecule has 0 spiro atoms. The van der Waals surface area contributed by atoms with Crippen LogP contribution in [0.4, 0.5) is 0 Å². The average molecular weight is 303 g/mol. The second kappa shape index (κ2) is 5.88. The van der Waals surface area contributed by atoms with Gasteiger partial charge >= 0.3 is 0 Å². The Morgan fingerprint density at radius 3 is 3.14 bits per heavy atom. The number of thiophene rings is 1. The topological polar surface area (TPSA) is 85.8 Å². The first-order valence-electron chi connectivity index (χ1n) is 6.31. The van der Waals surface area contributed by atoms with Crippen LogP contribution in [0.1, 0.15) is 10.8 Å². The molecule has 1 N–H and O–H groups in total. The number of nitrogens with zero attached hydrogens (tertiary/aromatic N) is 4. The molecule has 7 nitrogen and oxygen atoms in total. The molecule has 1 amide bonds. The average Bonchev–Trinajstić information content (AvgIpc) is 3.17. The maximum atomic E-state index is 11.8. The third-order valence-electron chi connectivity index (χ3n) is 2.78. The van der Waals surface area contributed by atoms with Crippen molar-refractivity contribution in [2.75, 3.05) is 0 Å². The molecule has 0 aromatic carbocycles. The molecule has 0 radical (unpaired) electrons. The summed E-state index contributed by atoms with van der Waals surface area (Å²) in [5, 5.41) is 12.6. The summed E-state index contributed by atoms with van der Waals surface area (Å²) in [4.78, 5) is 17.0. The lowest BCUT2D eigenvalue weighted by atomic mass is 10.3. The predicted molar refractivity (Wildman–Crippen MR) is 76.4 cm³/mol. The van der Waals surface area contributed by atoms with Crippen molar-refractivity contribution in [3.8, 4) is 11.4 Å². The molecule has 108 valence electrons. The van der Waals surface area contributed by atoms with Crippen molar-refractivity contribution in [1.29, 1.82) is 0 Å². The van der Waals surface area contributed by atoms with Crippen LogP contribution in [-0.2, 0) is 24.8 Å². The van der Waals surface area contributed by atoms with Crippen molar-refractivity contribution >= 4 is 17.2 Å². The monoisotopic (exact) mass is 303 g/mol. The fourth-order valence-corrected chi connectivity index (χ4v) is 2.49. The van der Waals surface area contributed by atoms with E-state index in [0.717, 1.165) is 10.4 Å². The first-order chi connectivity index (χ1) is 10.2. The lowest BCUT2D eigenvalue weighted by molar-refractivity contribution is -0.120. The minimum Gasteiger partial charge on any atom is -0.347 e. The first kappa shape index (κ1) is 13.5. The number of carbonyl (C=O) groups excluding carboxylic acids is 1. The van der Waals surface area contributed by atoms with Crippen molar-refractivity contribution in [1.82, 2.24) is 25.2 Å². The lowest BCUT2D eigenvalue weighted by Crippen LogP contribution is -2.24. The molecule has 0 saturated carbocycles. The molecule has 3 rings (SSSR count). The van der Waals surface area contributed by atoms with E-state index in [1.165, 1.54) is 0 Å². The Labute approximate surface area is 124 Å². The van der Waals surface area contributed by atoms with E-state index >= 15 is 0 Å². The summed E-state index contributed by atoms with van der Waals surface area (Å²) in [5.74, 6) is 0.762. The molecule has 0 aliphatic heterocycles. The molecule has 0 atom stereocenters. The van der Waals surface area contributed by atoms with Gasteiger partial charge < -0.3 is 9.84 Å². The zero-order valence-corrected chi connectivity index (χ0v) is 12.1. The van der Waals surface area contributed by atoms with Crippen molar-refractivity contribution in [3.63, 3.8) is 0 Å². The highest BCUT2D eigenvalue weighted by molar-refractivity contribution is 7.10. The number of aryl methyl sites for hydroxylation is 1. The molecule has 0 saturated heterocycles. The normalized spacial score (nSPS) is 10.7. The largest absolute Gasteiger partial charge is 0.347 e. The van der Waals surface area contributed by atoms with Crippen LogP contribution in [0.3, 0.4) is 0 Å². The van der Waals surface area contributed by atoms with Crippen LogP contribution in [0.25, 0.3) is 11.4 Å². The van der Waals surface area contributed by atoms with Crippen LogP contribution in [0.2, 0.25) is 0 Å². The molecule has 0 fully saturated rings.